The van der Waals surface area contributed by atoms with E-state index in [1.807, 2.05) is 0 Å². The zero-order chi connectivity index (χ0) is 14.9. The number of hydrogen-bond acceptors (Lipinski definition) is 3. The molecule has 7 heteroatoms. The first-order valence-electron chi connectivity index (χ1n) is 5.64. The molecule has 0 aliphatic carbocycles. The van der Waals surface area contributed by atoms with Crippen LogP contribution in [0.15, 0.2) is 24.3 Å². The quantitative estimate of drug-likeness (QED) is 0.867. The molecule has 0 unspecified atom stereocenters. The standard InChI is InChI=1S/C13H11F3N2OS/c1-7-10(11(19)17-2)20-12(18-7)8-3-5-9(6-4-8)13(14,15)16/h3-6H,2,17H2,1H3. The number of amides is 1. The molecule has 2 rings (SSSR count). The Morgan fingerprint density at radius 3 is 2.40 bits per heavy atom. The second-order valence-corrected chi connectivity index (χ2v) is 5.08. The highest BCUT2D eigenvalue weighted by Crippen LogP contribution is 2.32. The number of thiazole rings is 1. The Morgan fingerprint density at radius 2 is 1.90 bits per heavy atom. The molecule has 2 N–H and O–H groups in total. The van der Waals surface area contributed by atoms with Crippen LogP contribution < -0.4 is 5.32 Å². The van der Waals surface area contributed by atoms with Crippen LogP contribution >= 0.6 is 11.3 Å². The summed E-state index contributed by atoms with van der Waals surface area (Å²) in [5.41, 5.74) is 0.390. The number of nitrogens with two attached hydrogens (primary N) is 1. The number of rotatable bonds is 2. The number of quaternary nitrogens is 1. The van der Waals surface area contributed by atoms with Crippen molar-refractivity contribution in [2.75, 3.05) is 0 Å². The molecule has 2 aromatic rings. The van der Waals surface area contributed by atoms with Gasteiger partial charge in [0.2, 0.25) is 0 Å². The molecule has 0 spiro atoms. The summed E-state index contributed by atoms with van der Waals surface area (Å²) in [5.74, 6) is -0.238. The van der Waals surface area contributed by atoms with Gasteiger partial charge in [-0.2, -0.15) is 13.2 Å². The predicted octanol–water partition coefficient (Wildman–Crippen LogP) is 2.63. The first kappa shape index (κ1) is 14.7. The van der Waals surface area contributed by atoms with Crippen molar-refractivity contribution in [1.29, 1.82) is 0 Å². The van der Waals surface area contributed by atoms with Gasteiger partial charge in [-0.05, 0) is 19.1 Å². The molecule has 0 fully saturated rings. The van der Waals surface area contributed by atoms with Gasteiger partial charge in [-0.3, -0.25) is 0 Å². The van der Waals surface area contributed by atoms with Crippen molar-refractivity contribution in [3.05, 3.63) is 47.4 Å². The van der Waals surface area contributed by atoms with E-state index in [0.717, 1.165) is 23.5 Å². The van der Waals surface area contributed by atoms with Crippen molar-refractivity contribution in [2.45, 2.75) is 13.1 Å². The van der Waals surface area contributed by atoms with Gasteiger partial charge >= 0.3 is 12.1 Å². The first-order valence-corrected chi connectivity index (χ1v) is 6.46. The number of aromatic nitrogens is 1. The molecule has 0 bridgehead atoms. The van der Waals surface area contributed by atoms with Crippen LogP contribution in [0.1, 0.15) is 20.9 Å². The van der Waals surface area contributed by atoms with Crippen LogP contribution in [0, 0.1) is 14.0 Å². The van der Waals surface area contributed by atoms with Crippen LogP contribution in [-0.4, -0.2) is 10.9 Å². The molecule has 0 saturated heterocycles. The average molecular weight is 300 g/mol. The molecule has 1 heterocycles. The van der Waals surface area contributed by atoms with E-state index in [0.29, 0.717) is 21.1 Å². The van der Waals surface area contributed by atoms with E-state index in [9.17, 15) is 18.0 Å². The first-order chi connectivity index (χ1) is 9.32. The highest BCUT2D eigenvalue weighted by molar-refractivity contribution is 7.17. The molecule has 20 heavy (non-hydrogen) atoms. The molecule has 1 aromatic carbocycles. The van der Waals surface area contributed by atoms with E-state index in [2.05, 4.69) is 12.0 Å². The van der Waals surface area contributed by atoms with Crippen molar-refractivity contribution in [3.8, 4) is 10.6 Å². The molecule has 1 amide bonds. The monoisotopic (exact) mass is 300 g/mol. The molecule has 0 radical (unpaired) electrons. The van der Waals surface area contributed by atoms with Crippen molar-refractivity contribution in [2.24, 2.45) is 0 Å². The van der Waals surface area contributed by atoms with Gasteiger partial charge in [-0.15, -0.1) is 18.4 Å². The third-order valence-electron chi connectivity index (χ3n) is 2.66. The molecule has 1 aromatic heterocycles. The molecule has 0 aliphatic heterocycles. The van der Waals surface area contributed by atoms with Crippen molar-refractivity contribution < 1.29 is 23.3 Å². The van der Waals surface area contributed by atoms with Crippen LogP contribution in [0.3, 0.4) is 0 Å². The number of primary amides is 1. The van der Waals surface area contributed by atoms with Gasteiger partial charge in [0.05, 0.1) is 11.3 Å². The number of carbonyl (C=O) groups is 1. The smallest absolute Gasteiger partial charge is 0.410 e. The van der Waals surface area contributed by atoms with Crippen molar-refractivity contribution in [1.82, 2.24) is 4.98 Å². The maximum absolute atomic E-state index is 12.5. The summed E-state index contributed by atoms with van der Waals surface area (Å²) >= 11 is 1.15. The Balaban J connectivity index is 2.35. The van der Waals surface area contributed by atoms with E-state index in [1.165, 1.54) is 17.4 Å². The summed E-state index contributed by atoms with van der Waals surface area (Å²) in [6.07, 6.45) is -4.36. The summed E-state index contributed by atoms with van der Waals surface area (Å²) in [6, 6.07) is 4.70. The lowest BCUT2D eigenvalue weighted by Crippen LogP contribution is -2.81. The Labute approximate surface area is 117 Å². The fourth-order valence-electron chi connectivity index (χ4n) is 1.64. The van der Waals surface area contributed by atoms with Gasteiger partial charge in [0.25, 0.3) is 0 Å². The number of alkyl halides is 3. The lowest BCUT2D eigenvalue weighted by molar-refractivity contribution is -0.489. The third kappa shape index (κ3) is 2.88. The van der Waals surface area contributed by atoms with Crippen LogP contribution in [0.25, 0.3) is 10.6 Å². The molecule has 0 atom stereocenters. The number of benzene rings is 1. The fourth-order valence-corrected chi connectivity index (χ4v) is 2.65. The lowest BCUT2D eigenvalue weighted by atomic mass is 10.1. The lowest BCUT2D eigenvalue weighted by Gasteiger charge is -2.06. The number of hydrogen-bond donors (Lipinski definition) is 1. The largest absolute Gasteiger partial charge is 0.416 e. The Hall–Kier alpha value is -1.73. The van der Waals surface area contributed by atoms with E-state index in [4.69, 9.17) is 0 Å². The van der Waals surface area contributed by atoms with Crippen LogP contribution in [0.5, 0.6) is 0 Å². The highest BCUT2D eigenvalue weighted by Gasteiger charge is 2.30. The predicted molar refractivity (Wildman–Crippen MR) is 68.9 cm³/mol. The van der Waals surface area contributed by atoms with Gasteiger partial charge in [0.15, 0.2) is 4.88 Å². The second kappa shape index (κ2) is 5.34. The van der Waals surface area contributed by atoms with Gasteiger partial charge in [0.1, 0.15) is 5.01 Å². The molecular weight excluding hydrogens is 289 g/mol. The zero-order valence-electron chi connectivity index (χ0n) is 10.5. The normalized spacial score (nSPS) is 11.7. The van der Waals surface area contributed by atoms with E-state index >= 15 is 0 Å². The average Bonchev–Trinajstić information content (AvgIpc) is 2.79. The van der Waals surface area contributed by atoms with Crippen molar-refractivity contribution >= 4 is 17.2 Å². The summed E-state index contributed by atoms with van der Waals surface area (Å²) in [5, 5.41) is 1.71. The van der Waals surface area contributed by atoms with Gasteiger partial charge in [-0.1, -0.05) is 12.1 Å². The minimum Gasteiger partial charge on any atom is -0.410 e. The molecule has 3 nitrogen and oxygen atoms in total. The van der Waals surface area contributed by atoms with Crippen LogP contribution in [-0.2, 0) is 6.18 Å². The third-order valence-corrected chi connectivity index (χ3v) is 3.89. The summed E-state index contributed by atoms with van der Waals surface area (Å²) in [7, 11) is 3.40. The van der Waals surface area contributed by atoms with Crippen LogP contribution in [0.4, 0.5) is 13.2 Å². The number of aryl methyl sites for hydroxylation is 1. The molecule has 106 valence electrons. The van der Waals surface area contributed by atoms with E-state index in [-0.39, 0.29) is 5.91 Å². The second-order valence-electron chi connectivity index (χ2n) is 4.08. The summed E-state index contributed by atoms with van der Waals surface area (Å²) in [4.78, 5) is 16.2. The molecular formula is C13H11F3N2OS. The van der Waals surface area contributed by atoms with E-state index < -0.39 is 11.7 Å². The fraction of sp³-hybridized carbons (Fsp3) is 0.154. The SMILES string of the molecule is [CH2-][NH2+]C(=O)c1sc(-c2ccc(C(F)(F)F)cc2)nc1C. The minimum atomic E-state index is -4.36. The number of nitrogens with zero attached hydrogens (tertiary/aromatic N) is 1. The van der Waals surface area contributed by atoms with Crippen molar-refractivity contribution in [3.63, 3.8) is 0 Å². The zero-order valence-corrected chi connectivity index (χ0v) is 11.3. The minimum absolute atomic E-state index is 0.238. The topological polar surface area (TPSA) is 46.6 Å². The molecule has 0 aliphatic rings. The maximum atomic E-state index is 12.5. The van der Waals surface area contributed by atoms with Gasteiger partial charge in [-0.25, -0.2) is 9.78 Å². The Kier molecular flexibility index (Phi) is 3.92. The highest BCUT2D eigenvalue weighted by atomic mass is 32.1. The number of carbonyl (C=O) groups excluding carboxylic acids is 1. The summed E-state index contributed by atoms with van der Waals surface area (Å²) in [6.45, 7) is 1.68. The summed E-state index contributed by atoms with van der Waals surface area (Å²) < 4.78 is 37.4. The van der Waals surface area contributed by atoms with E-state index in [1.54, 1.807) is 6.92 Å². The Bertz CT molecular complexity index is 632. The Morgan fingerprint density at radius 1 is 1.30 bits per heavy atom. The maximum Gasteiger partial charge on any atom is 0.416 e. The van der Waals surface area contributed by atoms with Gasteiger partial charge in [0, 0.05) is 5.56 Å². The molecule has 0 saturated carbocycles. The van der Waals surface area contributed by atoms with Crippen LogP contribution in [0.2, 0.25) is 0 Å². The number of halogens is 3. The van der Waals surface area contributed by atoms with Gasteiger partial charge < -0.3 is 5.32 Å².